The smallest absolute Gasteiger partial charge is 0.133 e. The Hall–Kier alpha value is -1.97. The third kappa shape index (κ3) is 5.25. The molecular weight excluding hydrogens is 310 g/mol. The molecule has 3 rings (SSSR count). The summed E-state index contributed by atoms with van der Waals surface area (Å²) in [7, 11) is 0. The van der Waals surface area contributed by atoms with E-state index in [-0.39, 0.29) is 0 Å². The van der Waals surface area contributed by atoms with E-state index in [1.165, 1.54) is 18.4 Å². The maximum absolute atomic E-state index is 12.3. The van der Waals surface area contributed by atoms with Crippen molar-refractivity contribution >= 4 is 5.78 Å². The van der Waals surface area contributed by atoms with Crippen LogP contribution in [0.15, 0.2) is 30.3 Å². The number of aryl methyl sites for hydroxylation is 3. The minimum atomic E-state index is 0.318. The molecule has 1 aliphatic carbocycles. The molecule has 25 heavy (non-hydrogen) atoms. The van der Waals surface area contributed by atoms with Crippen molar-refractivity contribution in [2.45, 2.75) is 71.3 Å². The number of rotatable bonds is 10. The second-order valence-corrected chi connectivity index (χ2v) is 7.59. The Morgan fingerprint density at radius 3 is 2.32 bits per heavy atom. The lowest BCUT2D eigenvalue weighted by molar-refractivity contribution is -0.119. The zero-order valence-corrected chi connectivity index (χ0v) is 15.4. The second kappa shape index (κ2) is 8.41. The van der Waals surface area contributed by atoms with Crippen molar-refractivity contribution in [1.29, 1.82) is 0 Å². The highest BCUT2D eigenvalue weighted by atomic mass is 16.1. The third-order valence-corrected chi connectivity index (χ3v) is 4.86. The Morgan fingerprint density at radius 1 is 1.04 bits per heavy atom. The number of aromatic nitrogens is 3. The summed E-state index contributed by atoms with van der Waals surface area (Å²) in [5, 5.41) is 8.83. The molecule has 134 valence electrons. The van der Waals surface area contributed by atoms with Crippen LogP contribution in [0.5, 0.6) is 0 Å². The summed E-state index contributed by atoms with van der Waals surface area (Å²) in [5.41, 5.74) is 1.23. The number of carbonyl (C=O) groups excluding carboxylic acids is 1. The summed E-state index contributed by atoms with van der Waals surface area (Å²) in [5.74, 6) is 3.11. The predicted octanol–water partition coefficient (Wildman–Crippen LogP) is 4.34. The van der Waals surface area contributed by atoms with E-state index in [4.69, 9.17) is 0 Å². The second-order valence-electron chi connectivity index (χ2n) is 7.59. The van der Waals surface area contributed by atoms with Crippen LogP contribution < -0.4 is 0 Å². The molecule has 0 unspecified atom stereocenters. The van der Waals surface area contributed by atoms with Gasteiger partial charge in [-0.05, 0) is 37.2 Å². The predicted molar refractivity (Wildman–Crippen MR) is 99.5 cm³/mol. The lowest BCUT2D eigenvalue weighted by Crippen LogP contribution is -2.09. The number of nitrogens with zero attached hydrogens (tertiary/aromatic N) is 3. The average Bonchev–Trinajstić information content (AvgIpc) is 3.37. The molecule has 1 saturated carbocycles. The zero-order valence-electron chi connectivity index (χ0n) is 15.4. The summed E-state index contributed by atoms with van der Waals surface area (Å²) in [6.45, 7) is 4.48. The van der Waals surface area contributed by atoms with Crippen LogP contribution in [0.25, 0.3) is 0 Å². The Kier molecular flexibility index (Phi) is 6.00. The molecule has 1 aliphatic rings. The van der Waals surface area contributed by atoms with E-state index in [9.17, 15) is 4.79 Å². The Morgan fingerprint density at radius 2 is 1.68 bits per heavy atom. The van der Waals surface area contributed by atoms with Gasteiger partial charge in [0.25, 0.3) is 0 Å². The molecule has 1 aromatic carbocycles. The van der Waals surface area contributed by atoms with Crippen LogP contribution in [-0.2, 0) is 24.1 Å². The topological polar surface area (TPSA) is 47.8 Å². The summed E-state index contributed by atoms with van der Waals surface area (Å²) in [4.78, 5) is 12.3. The van der Waals surface area contributed by atoms with Crippen LogP contribution in [0.4, 0.5) is 0 Å². The van der Waals surface area contributed by atoms with Crippen LogP contribution in [-0.4, -0.2) is 20.5 Å². The molecular formula is C21H29N3O. The summed E-state index contributed by atoms with van der Waals surface area (Å²) in [6, 6.07) is 10.8. The Labute approximate surface area is 150 Å². The number of Topliss-reactive ketones (excluding diaryl/α,β-unsaturated/α-hetero) is 1. The lowest BCUT2D eigenvalue weighted by Gasteiger charge is -2.10. The normalized spacial score (nSPS) is 14.2. The molecule has 0 atom stereocenters. The van der Waals surface area contributed by atoms with Gasteiger partial charge in [0.05, 0.1) is 0 Å². The fourth-order valence-electron chi connectivity index (χ4n) is 3.18. The van der Waals surface area contributed by atoms with Gasteiger partial charge in [-0.15, -0.1) is 10.2 Å². The highest BCUT2D eigenvalue weighted by Crippen LogP contribution is 2.37. The van der Waals surface area contributed by atoms with Crippen LogP contribution in [0.2, 0.25) is 0 Å². The van der Waals surface area contributed by atoms with Gasteiger partial charge in [-0.1, -0.05) is 44.2 Å². The van der Waals surface area contributed by atoms with E-state index < -0.39 is 0 Å². The molecule has 1 fully saturated rings. The van der Waals surface area contributed by atoms with Crippen molar-refractivity contribution in [2.24, 2.45) is 5.92 Å². The number of benzene rings is 1. The number of ketones is 1. The summed E-state index contributed by atoms with van der Waals surface area (Å²) >= 11 is 0. The van der Waals surface area contributed by atoms with E-state index in [2.05, 4.69) is 40.7 Å². The van der Waals surface area contributed by atoms with E-state index in [0.29, 0.717) is 30.6 Å². The van der Waals surface area contributed by atoms with E-state index >= 15 is 0 Å². The molecule has 0 radical (unpaired) electrons. The van der Waals surface area contributed by atoms with Crippen molar-refractivity contribution < 1.29 is 4.79 Å². The zero-order chi connectivity index (χ0) is 17.6. The molecule has 0 bridgehead atoms. The molecule has 4 nitrogen and oxygen atoms in total. The Bertz CT molecular complexity index is 686. The van der Waals surface area contributed by atoms with E-state index in [0.717, 1.165) is 37.3 Å². The van der Waals surface area contributed by atoms with Gasteiger partial charge in [-0.2, -0.15) is 0 Å². The van der Waals surface area contributed by atoms with Gasteiger partial charge in [0, 0.05) is 31.7 Å². The van der Waals surface area contributed by atoms with Gasteiger partial charge in [0.15, 0.2) is 0 Å². The Balaban J connectivity index is 1.53. The molecule has 1 aromatic heterocycles. The molecule has 0 spiro atoms. The van der Waals surface area contributed by atoms with Crippen molar-refractivity contribution in [3.8, 4) is 0 Å². The van der Waals surface area contributed by atoms with Gasteiger partial charge in [-0.3, -0.25) is 4.79 Å². The van der Waals surface area contributed by atoms with Crippen molar-refractivity contribution in [3.63, 3.8) is 0 Å². The fraction of sp³-hybridized carbons (Fsp3) is 0.571. The quantitative estimate of drug-likeness (QED) is 0.647. The first-order valence-electron chi connectivity index (χ1n) is 9.61. The fourth-order valence-corrected chi connectivity index (χ4v) is 3.18. The molecule has 4 heteroatoms. The van der Waals surface area contributed by atoms with Crippen LogP contribution in [0.1, 0.15) is 69.2 Å². The highest BCUT2D eigenvalue weighted by molar-refractivity contribution is 5.78. The molecule has 0 N–H and O–H groups in total. The average molecular weight is 339 g/mol. The molecule has 0 aliphatic heterocycles. The summed E-state index contributed by atoms with van der Waals surface area (Å²) in [6.07, 6.45) is 7.31. The van der Waals surface area contributed by atoms with E-state index in [1.807, 2.05) is 18.2 Å². The number of hydrogen-bond donors (Lipinski definition) is 0. The van der Waals surface area contributed by atoms with Crippen LogP contribution >= 0.6 is 0 Å². The standard InChI is InChI=1S/C21H29N3O/c1-16(2)8-14-20-22-23-21(24(20)18-10-11-18)15-13-19(25)12-9-17-6-4-3-5-7-17/h3-7,16,18H,8-15H2,1-2H3. The van der Waals surface area contributed by atoms with Gasteiger partial charge in [0.2, 0.25) is 0 Å². The largest absolute Gasteiger partial charge is 0.312 e. The SMILES string of the molecule is CC(C)CCc1nnc(CCC(=O)CCc2ccccc2)n1C1CC1. The van der Waals surface area contributed by atoms with Gasteiger partial charge in [0.1, 0.15) is 17.4 Å². The first kappa shape index (κ1) is 17.8. The van der Waals surface area contributed by atoms with Crippen LogP contribution in [0, 0.1) is 5.92 Å². The van der Waals surface area contributed by atoms with Crippen molar-refractivity contribution in [3.05, 3.63) is 47.5 Å². The van der Waals surface area contributed by atoms with E-state index in [1.54, 1.807) is 0 Å². The van der Waals surface area contributed by atoms with Crippen LogP contribution in [0.3, 0.4) is 0 Å². The summed E-state index contributed by atoms with van der Waals surface area (Å²) < 4.78 is 2.33. The lowest BCUT2D eigenvalue weighted by atomic mass is 10.0. The molecule has 0 saturated heterocycles. The number of carbonyl (C=O) groups is 1. The first-order valence-corrected chi connectivity index (χ1v) is 9.61. The molecule has 1 heterocycles. The monoisotopic (exact) mass is 339 g/mol. The number of hydrogen-bond acceptors (Lipinski definition) is 3. The third-order valence-electron chi connectivity index (χ3n) is 4.86. The van der Waals surface area contributed by atoms with Crippen molar-refractivity contribution in [2.75, 3.05) is 0 Å². The van der Waals surface area contributed by atoms with Gasteiger partial charge < -0.3 is 4.57 Å². The van der Waals surface area contributed by atoms with Gasteiger partial charge >= 0.3 is 0 Å². The van der Waals surface area contributed by atoms with Crippen molar-refractivity contribution in [1.82, 2.24) is 14.8 Å². The maximum atomic E-state index is 12.3. The molecule has 0 amide bonds. The van der Waals surface area contributed by atoms with Gasteiger partial charge in [-0.25, -0.2) is 0 Å². The minimum Gasteiger partial charge on any atom is -0.312 e. The minimum absolute atomic E-state index is 0.318. The first-order chi connectivity index (χ1) is 12.1. The molecule has 2 aromatic rings. The highest BCUT2D eigenvalue weighted by Gasteiger charge is 2.29. The maximum Gasteiger partial charge on any atom is 0.133 e.